The molecule has 2 nitrogen and oxygen atoms in total. The van der Waals surface area contributed by atoms with E-state index in [9.17, 15) is 8.78 Å². The first kappa shape index (κ1) is 18.4. The number of benzene rings is 2. The molecule has 0 amide bonds. The Hall–Kier alpha value is -2.96. The van der Waals surface area contributed by atoms with Crippen LogP contribution in [0.1, 0.15) is 9.75 Å². The Morgan fingerprint density at radius 2 is 0.964 bits per heavy atom. The lowest BCUT2D eigenvalue weighted by molar-refractivity contribution is 0.627. The van der Waals surface area contributed by atoms with Crippen LogP contribution in [0.5, 0.6) is 0 Å². The van der Waals surface area contributed by atoms with Crippen molar-refractivity contribution in [3.63, 3.8) is 0 Å². The summed E-state index contributed by atoms with van der Waals surface area (Å²) in [4.78, 5) is 11.4. The van der Waals surface area contributed by atoms with Gasteiger partial charge in [0.05, 0.1) is 21.1 Å². The molecular weight excluding hydrogens is 394 g/mol. The maximum Gasteiger partial charge on any atom is 0.123 e. The second-order valence-corrected chi connectivity index (χ2v) is 7.72. The van der Waals surface area contributed by atoms with Gasteiger partial charge < -0.3 is 0 Å². The number of hydrogen-bond acceptors (Lipinski definition) is 4. The highest BCUT2D eigenvalue weighted by Gasteiger charge is 2.17. The molecule has 4 rings (SSSR count). The van der Waals surface area contributed by atoms with Crippen molar-refractivity contribution in [1.82, 2.24) is 0 Å². The second-order valence-electron chi connectivity index (χ2n) is 5.83. The van der Waals surface area contributed by atoms with Crippen molar-refractivity contribution in [3.05, 3.63) is 105 Å². The fourth-order valence-electron chi connectivity index (χ4n) is 2.57. The summed E-state index contributed by atoms with van der Waals surface area (Å²) in [5.74, 6) is -0.620. The molecule has 0 unspecified atom stereocenters. The Bertz CT molecular complexity index is 1000. The van der Waals surface area contributed by atoms with Crippen LogP contribution < -0.4 is 0 Å². The zero-order valence-corrected chi connectivity index (χ0v) is 16.2. The van der Waals surface area contributed by atoms with Crippen molar-refractivity contribution in [2.24, 2.45) is 9.98 Å². The van der Waals surface area contributed by atoms with E-state index in [0.717, 1.165) is 9.75 Å². The first-order chi connectivity index (χ1) is 13.7. The van der Waals surface area contributed by atoms with Crippen LogP contribution in [0, 0.1) is 11.6 Å². The van der Waals surface area contributed by atoms with Gasteiger partial charge in [-0.05, 0) is 71.4 Å². The summed E-state index contributed by atoms with van der Waals surface area (Å²) < 4.78 is 26.6. The van der Waals surface area contributed by atoms with E-state index in [1.807, 2.05) is 35.0 Å². The summed E-state index contributed by atoms with van der Waals surface area (Å²) in [5.41, 5.74) is 2.64. The average Bonchev–Trinajstić information content (AvgIpc) is 3.42. The highest BCUT2D eigenvalue weighted by molar-refractivity contribution is 7.15. The van der Waals surface area contributed by atoms with Crippen LogP contribution in [-0.2, 0) is 0 Å². The number of hydrogen-bond donors (Lipinski definition) is 0. The summed E-state index contributed by atoms with van der Waals surface area (Å²) in [6, 6.07) is 19.9. The molecule has 0 spiro atoms. The van der Waals surface area contributed by atoms with Gasteiger partial charge in [-0.3, -0.25) is 0 Å². The van der Waals surface area contributed by atoms with E-state index < -0.39 is 0 Å². The lowest BCUT2D eigenvalue weighted by Crippen LogP contribution is -2.14. The fourth-order valence-corrected chi connectivity index (χ4v) is 4.00. The number of aliphatic imine (C=N–C) groups is 2. The van der Waals surface area contributed by atoms with E-state index in [1.54, 1.807) is 46.9 Å². The fraction of sp³-hybridized carbons (Fsp3) is 0. The van der Waals surface area contributed by atoms with E-state index in [-0.39, 0.29) is 11.6 Å². The number of thiophene rings is 2. The van der Waals surface area contributed by atoms with Crippen molar-refractivity contribution >= 4 is 45.5 Å². The lowest BCUT2D eigenvalue weighted by Gasteiger charge is -2.09. The molecule has 0 aliphatic rings. The van der Waals surface area contributed by atoms with Crippen LogP contribution in [0.25, 0.3) is 0 Å². The molecule has 6 heteroatoms. The molecule has 4 aromatic rings. The predicted molar refractivity (Wildman–Crippen MR) is 114 cm³/mol. The lowest BCUT2D eigenvalue weighted by atomic mass is 10.1. The van der Waals surface area contributed by atoms with Gasteiger partial charge in [-0.1, -0.05) is 12.1 Å². The highest BCUT2D eigenvalue weighted by Crippen LogP contribution is 2.24. The molecular formula is C22H14F2N2S2. The van der Waals surface area contributed by atoms with E-state index in [2.05, 4.69) is 0 Å². The number of nitrogens with zero attached hydrogens (tertiary/aromatic N) is 2. The van der Waals surface area contributed by atoms with Gasteiger partial charge in [-0.2, -0.15) is 0 Å². The molecule has 0 bridgehead atoms. The Kier molecular flexibility index (Phi) is 5.50. The van der Waals surface area contributed by atoms with Gasteiger partial charge in [0.1, 0.15) is 23.1 Å². The molecule has 0 saturated carbocycles. The minimum atomic E-state index is -0.310. The molecule has 138 valence electrons. The zero-order chi connectivity index (χ0) is 19.3. The van der Waals surface area contributed by atoms with Crippen LogP contribution in [-0.4, -0.2) is 11.4 Å². The topological polar surface area (TPSA) is 24.7 Å². The highest BCUT2D eigenvalue weighted by atomic mass is 32.1. The Morgan fingerprint density at radius 1 is 0.571 bits per heavy atom. The smallest absolute Gasteiger partial charge is 0.123 e. The number of halogens is 2. The quantitative estimate of drug-likeness (QED) is 0.317. The van der Waals surface area contributed by atoms with Crippen molar-refractivity contribution < 1.29 is 8.78 Å². The van der Waals surface area contributed by atoms with Crippen LogP contribution in [0.3, 0.4) is 0 Å². The van der Waals surface area contributed by atoms with Gasteiger partial charge in [0.25, 0.3) is 0 Å². The summed E-state index contributed by atoms with van der Waals surface area (Å²) in [6.45, 7) is 0. The van der Waals surface area contributed by atoms with E-state index in [4.69, 9.17) is 9.98 Å². The molecule has 2 aromatic carbocycles. The van der Waals surface area contributed by atoms with Crippen molar-refractivity contribution in [2.75, 3.05) is 0 Å². The minimum absolute atomic E-state index is 0.310. The number of rotatable bonds is 5. The van der Waals surface area contributed by atoms with Gasteiger partial charge in [0.2, 0.25) is 0 Å². The van der Waals surface area contributed by atoms with Crippen molar-refractivity contribution in [3.8, 4) is 0 Å². The molecule has 0 aliphatic carbocycles. The summed E-state index contributed by atoms with van der Waals surface area (Å²) >= 11 is 3.10. The maximum atomic E-state index is 13.3. The second kappa shape index (κ2) is 8.37. The van der Waals surface area contributed by atoms with Gasteiger partial charge in [-0.15, -0.1) is 22.7 Å². The third-order valence-electron chi connectivity index (χ3n) is 3.87. The monoisotopic (exact) mass is 408 g/mol. The molecule has 0 fully saturated rings. The van der Waals surface area contributed by atoms with Gasteiger partial charge >= 0.3 is 0 Å². The van der Waals surface area contributed by atoms with E-state index >= 15 is 0 Å². The first-order valence-corrected chi connectivity index (χ1v) is 10.2. The molecule has 0 atom stereocenters. The standard InChI is InChI=1S/C22H14F2N2S2/c23-15-5-9-17(10-6-15)25-21(19-3-1-13-27-19)22(20-4-2-14-28-20)26-18-11-7-16(24)8-12-18/h1-14H. The molecule has 0 N–H and O–H groups in total. The van der Waals surface area contributed by atoms with Gasteiger partial charge in [0.15, 0.2) is 0 Å². The third-order valence-corrected chi connectivity index (χ3v) is 5.62. The maximum absolute atomic E-state index is 13.3. The Balaban J connectivity index is 1.89. The predicted octanol–water partition coefficient (Wildman–Crippen LogP) is 7.03. The normalized spacial score (nSPS) is 12.4. The van der Waals surface area contributed by atoms with Crippen LogP contribution >= 0.6 is 22.7 Å². The molecule has 2 heterocycles. The Labute approximate surface area is 169 Å². The molecule has 0 radical (unpaired) electrons. The van der Waals surface area contributed by atoms with Crippen molar-refractivity contribution in [1.29, 1.82) is 0 Å². The van der Waals surface area contributed by atoms with E-state index in [0.29, 0.717) is 22.8 Å². The largest absolute Gasteiger partial charge is 0.245 e. The molecule has 0 aliphatic heterocycles. The van der Waals surface area contributed by atoms with Gasteiger partial charge in [0, 0.05) is 0 Å². The van der Waals surface area contributed by atoms with Crippen molar-refractivity contribution in [2.45, 2.75) is 0 Å². The summed E-state index contributed by atoms with van der Waals surface area (Å²) in [7, 11) is 0. The third kappa shape index (κ3) is 4.30. The summed E-state index contributed by atoms with van der Waals surface area (Å²) in [6.07, 6.45) is 0. The Morgan fingerprint density at radius 3 is 1.29 bits per heavy atom. The zero-order valence-electron chi connectivity index (χ0n) is 14.5. The first-order valence-electron chi connectivity index (χ1n) is 8.46. The van der Waals surface area contributed by atoms with E-state index in [1.165, 1.54) is 24.3 Å². The molecule has 28 heavy (non-hydrogen) atoms. The van der Waals surface area contributed by atoms with Crippen LogP contribution in [0.4, 0.5) is 20.2 Å². The SMILES string of the molecule is Fc1ccc(N=C(C(=Nc2ccc(F)cc2)c2cccs2)c2cccs2)cc1. The summed E-state index contributed by atoms with van der Waals surface area (Å²) in [5, 5.41) is 3.94. The van der Waals surface area contributed by atoms with Gasteiger partial charge in [-0.25, -0.2) is 18.8 Å². The minimum Gasteiger partial charge on any atom is -0.245 e. The molecule has 2 aromatic heterocycles. The van der Waals surface area contributed by atoms with Crippen LogP contribution in [0.15, 0.2) is 93.5 Å². The molecule has 0 saturated heterocycles. The average molecular weight is 408 g/mol. The van der Waals surface area contributed by atoms with Crippen LogP contribution in [0.2, 0.25) is 0 Å².